The quantitative estimate of drug-likeness (QED) is 0.215. The van der Waals surface area contributed by atoms with Crippen molar-refractivity contribution in [3.05, 3.63) is 72.2 Å². The molecule has 166 valence electrons. The molecule has 0 aromatic rings. The number of allylic oxidation sites excluding steroid dienone is 9. The van der Waals surface area contributed by atoms with Crippen LogP contribution in [0.1, 0.15) is 40.5 Å². The molecule has 0 amide bonds. The van der Waals surface area contributed by atoms with Crippen LogP contribution in [0.2, 0.25) is 0 Å². The summed E-state index contributed by atoms with van der Waals surface area (Å²) >= 11 is 0. The van der Waals surface area contributed by atoms with Crippen LogP contribution in [0.5, 0.6) is 0 Å². The summed E-state index contributed by atoms with van der Waals surface area (Å²) in [6, 6.07) is 0.585. The van der Waals surface area contributed by atoms with Crippen LogP contribution in [0, 0.1) is 5.92 Å². The number of piperidine rings is 1. The molecule has 30 heavy (non-hydrogen) atoms. The molecule has 1 rings (SSSR count). The van der Waals surface area contributed by atoms with E-state index in [2.05, 4.69) is 42.4 Å². The summed E-state index contributed by atoms with van der Waals surface area (Å²) in [5, 5.41) is 0. The van der Waals surface area contributed by atoms with Gasteiger partial charge in [-0.05, 0) is 64.8 Å². The molecular weight excluding hydrogens is 377 g/mol. The summed E-state index contributed by atoms with van der Waals surface area (Å²) in [6.07, 6.45) is 12.2. The highest BCUT2D eigenvalue weighted by atomic mass is 19.1. The number of hydrogen-bond acceptors (Lipinski definition) is 3. The van der Waals surface area contributed by atoms with E-state index in [4.69, 9.17) is 4.84 Å². The average Bonchev–Trinajstić information content (AvgIpc) is 2.75. The fourth-order valence-electron chi connectivity index (χ4n) is 3.36. The lowest BCUT2D eigenvalue weighted by Gasteiger charge is -2.34. The van der Waals surface area contributed by atoms with E-state index in [1.54, 1.807) is 32.2 Å². The third-order valence-corrected chi connectivity index (χ3v) is 5.24. The molecule has 1 fully saturated rings. The summed E-state index contributed by atoms with van der Waals surface area (Å²) in [7, 11) is 1.80. The number of nitrogens with one attached hydrogen (secondary N) is 1. The van der Waals surface area contributed by atoms with Crippen molar-refractivity contribution < 1.29 is 9.23 Å². The first-order valence-electron chi connectivity index (χ1n) is 10.6. The maximum Gasteiger partial charge on any atom is 0.126 e. The second kappa shape index (κ2) is 13.9. The molecule has 0 unspecified atom stereocenters. The number of aliphatic imine (C=N–C) groups is 1. The van der Waals surface area contributed by atoms with E-state index < -0.39 is 0 Å². The van der Waals surface area contributed by atoms with Crippen molar-refractivity contribution in [2.24, 2.45) is 10.9 Å². The maximum absolute atomic E-state index is 14.1. The van der Waals surface area contributed by atoms with Crippen LogP contribution in [0.3, 0.4) is 0 Å². The zero-order chi connectivity index (χ0) is 22.5. The van der Waals surface area contributed by atoms with Gasteiger partial charge in [-0.1, -0.05) is 49.6 Å². The smallest absolute Gasteiger partial charge is 0.126 e. The van der Waals surface area contributed by atoms with Gasteiger partial charge in [0.1, 0.15) is 11.7 Å². The highest BCUT2D eigenvalue weighted by Gasteiger charge is 2.24. The molecule has 1 heterocycles. The monoisotopic (exact) mass is 415 g/mol. The molecule has 0 aromatic heterocycles. The van der Waals surface area contributed by atoms with Gasteiger partial charge in [-0.25, -0.2) is 4.39 Å². The Kier molecular flexibility index (Phi) is 11.9. The molecule has 0 aliphatic carbocycles. The predicted octanol–water partition coefficient (Wildman–Crippen LogP) is 5.70. The van der Waals surface area contributed by atoms with Gasteiger partial charge in [0, 0.05) is 24.6 Å². The number of halogens is 1. The first-order valence-corrected chi connectivity index (χ1v) is 10.6. The maximum atomic E-state index is 14.1. The molecule has 1 saturated heterocycles. The second-order valence-electron chi connectivity index (χ2n) is 7.70. The fraction of sp³-hybridized carbons (Fsp3) is 0.480. The molecule has 0 bridgehead atoms. The van der Waals surface area contributed by atoms with E-state index in [0.717, 1.165) is 37.3 Å². The number of amidine groups is 1. The molecule has 0 saturated carbocycles. The summed E-state index contributed by atoms with van der Waals surface area (Å²) in [5.74, 6) is 0.995. The minimum Gasteiger partial charge on any atom is -0.301 e. The Balaban J connectivity index is 2.65. The van der Waals surface area contributed by atoms with Crippen LogP contribution in [0.15, 0.2) is 77.2 Å². The minimum atomic E-state index is -0.308. The van der Waals surface area contributed by atoms with Gasteiger partial charge in [-0.2, -0.15) is 0 Å². The Labute approximate surface area is 182 Å². The van der Waals surface area contributed by atoms with Crippen molar-refractivity contribution in [1.82, 2.24) is 10.4 Å². The Bertz CT molecular complexity index is 721. The Morgan fingerprint density at radius 1 is 1.23 bits per heavy atom. The largest absolute Gasteiger partial charge is 0.301 e. The highest BCUT2D eigenvalue weighted by Crippen LogP contribution is 2.22. The number of nitrogens with zero attached hydrogens (tertiary/aromatic N) is 2. The van der Waals surface area contributed by atoms with Crippen molar-refractivity contribution in [1.29, 1.82) is 0 Å². The van der Waals surface area contributed by atoms with E-state index in [0.29, 0.717) is 29.7 Å². The van der Waals surface area contributed by atoms with Gasteiger partial charge in [0.05, 0.1) is 6.61 Å². The molecule has 5 heteroatoms. The molecule has 0 atom stereocenters. The van der Waals surface area contributed by atoms with Gasteiger partial charge in [-0.3, -0.25) is 15.3 Å². The third kappa shape index (κ3) is 8.25. The van der Waals surface area contributed by atoms with Crippen LogP contribution in [0.25, 0.3) is 0 Å². The zero-order valence-electron chi connectivity index (χ0n) is 19.2. The van der Waals surface area contributed by atoms with Gasteiger partial charge in [-0.15, -0.1) is 0 Å². The number of hydrogen-bond donors (Lipinski definition) is 1. The molecule has 0 spiro atoms. The summed E-state index contributed by atoms with van der Waals surface area (Å²) < 4.78 is 14.1. The lowest BCUT2D eigenvalue weighted by atomic mass is 9.95. The number of hydroxylamine groups is 1. The van der Waals surface area contributed by atoms with Gasteiger partial charge >= 0.3 is 0 Å². The molecule has 1 aliphatic rings. The third-order valence-electron chi connectivity index (χ3n) is 5.24. The Morgan fingerprint density at radius 3 is 2.40 bits per heavy atom. The van der Waals surface area contributed by atoms with Gasteiger partial charge in [0.2, 0.25) is 0 Å². The Hall–Kier alpha value is -2.24. The number of likely N-dealkylation sites (tertiary alicyclic amines) is 1. The van der Waals surface area contributed by atoms with Crippen molar-refractivity contribution in [2.75, 3.05) is 26.7 Å². The van der Waals surface area contributed by atoms with Crippen LogP contribution >= 0.6 is 0 Å². The first-order chi connectivity index (χ1) is 14.4. The van der Waals surface area contributed by atoms with Gasteiger partial charge in [0.25, 0.3) is 0 Å². The lowest BCUT2D eigenvalue weighted by molar-refractivity contribution is 0.0953. The molecule has 1 N–H and O–H groups in total. The van der Waals surface area contributed by atoms with Crippen LogP contribution < -0.4 is 5.48 Å². The Morgan fingerprint density at radius 2 is 1.90 bits per heavy atom. The molecule has 1 aliphatic heterocycles. The zero-order valence-corrected chi connectivity index (χ0v) is 19.2. The summed E-state index contributed by atoms with van der Waals surface area (Å²) in [6.45, 7) is 18.1. The van der Waals surface area contributed by atoms with E-state index in [-0.39, 0.29) is 5.83 Å². The van der Waals surface area contributed by atoms with E-state index in [9.17, 15) is 4.39 Å². The minimum absolute atomic E-state index is 0.308. The van der Waals surface area contributed by atoms with Crippen LogP contribution in [-0.4, -0.2) is 43.5 Å². The average molecular weight is 416 g/mol. The topological polar surface area (TPSA) is 36.9 Å². The summed E-state index contributed by atoms with van der Waals surface area (Å²) in [5.41, 5.74) is 5.18. The molecule has 0 radical (unpaired) electrons. The van der Waals surface area contributed by atoms with Crippen molar-refractivity contribution >= 4 is 5.84 Å². The molecule has 4 nitrogen and oxygen atoms in total. The SMILES string of the molecule is C=C/C=C(C(\F)=C/C)/C(C=C)=C/C=C(\C)CONC(=NC)C1CCN(C(C)C)CC1. The van der Waals surface area contributed by atoms with Crippen LogP contribution in [-0.2, 0) is 4.84 Å². The van der Waals surface area contributed by atoms with Crippen molar-refractivity contribution in [2.45, 2.75) is 46.6 Å². The standard InChI is InChI=1S/C25H38FN3O/c1-8-11-23(24(26)10-3)21(9-2)13-12-20(6)18-30-28-25(27-7)22-14-16-29(17-15-22)19(4)5/h8-13,19,22H,1-2,14-18H2,3-7H3,(H,27,28)/b20-12+,21-13+,23-11-,24-10+. The second-order valence-corrected chi connectivity index (χ2v) is 7.70. The fourth-order valence-corrected chi connectivity index (χ4v) is 3.36. The molecular formula is C25H38FN3O. The van der Waals surface area contributed by atoms with E-state index in [1.165, 1.54) is 6.08 Å². The highest BCUT2D eigenvalue weighted by molar-refractivity contribution is 5.83. The number of rotatable bonds is 10. The molecule has 0 aromatic carbocycles. The normalized spacial score (nSPS) is 18.7. The van der Waals surface area contributed by atoms with Crippen LogP contribution in [0.4, 0.5) is 4.39 Å². The van der Waals surface area contributed by atoms with Gasteiger partial charge in [0.15, 0.2) is 0 Å². The predicted molar refractivity (Wildman–Crippen MR) is 127 cm³/mol. The van der Waals surface area contributed by atoms with Crippen molar-refractivity contribution in [3.8, 4) is 0 Å². The summed E-state index contributed by atoms with van der Waals surface area (Å²) in [4.78, 5) is 12.6. The lowest BCUT2D eigenvalue weighted by Crippen LogP contribution is -2.43. The van der Waals surface area contributed by atoms with E-state index in [1.807, 2.05) is 19.1 Å². The van der Waals surface area contributed by atoms with Crippen molar-refractivity contribution in [3.63, 3.8) is 0 Å². The van der Waals surface area contributed by atoms with E-state index >= 15 is 0 Å². The first kappa shape index (κ1) is 25.8. The van der Waals surface area contributed by atoms with Gasteiger partial charge < -0.3 is 4.90 Å².